The topological polar surface area (TPSA) is 43.0 Å². The van der Waals surface area contributed by atoms with Gasteiger partial charge >= 0.3 is 0 Å². The van der Waals surface area contributed by atoms with E-state index in [0.29, 0.717) is 34.5 Å². The van der Waals surface area contributed by atoms with E-state index in [4.69, 9.17) is 0 Å². The normalized spacial score (nSPS) is 32.5. The van der Waals surface area contributed by atoms with Crippen molar-refractivity contribution in [1.29, 1.82) is 0 Å². The van der Waals surface area contributed by atoms with Crippen LogP contribution in [-0.4, -0.2) is 9.03 Å². The van der Waals surface area contributed by atoms with E-state index in [1.54, 1.807) is 4.52 Å². The van der Waals surface area contributed by atoms with Gasteiger partial charge in [0.15, 0.2) is 0 Å². The molecule has 62 heavy (non-hydrogen) atoms. The summed E-state index contributed by atoms with van der Waals surface area (Å²) >= 11 is 0. The zero-order valence-electron chi connectivity index (χ0n) is 34.9. The maximum Gasteiger partial charge on any atom is 0.283 e. The van der Waals surface area contributed by atoms with Crippen molar-refractivity contribution in [2.45, 2.75) is 87.9 Å². The van der Waals surface area contributed by atoms with Crippen molar-refractivity contribution in [3.8, 4) is 44.5 Å². The Labute approximate surface area is 360 Å². The Balaban J connectivity index is 1.17. The Morgan fingerprint density at radius 1 is 0.355 bits per heavy atom. The van der Waals surface area contributed by atoms with Gasteiger partial charge < -0.3 is 0 Å². The molecule has 4 nitrogen and oxygen atoms in total. The lowest BCUT2D eigenvalue weighted by Gasteiger charge is -2.48. The summed E-state index contributed by atoms with van der Waals surface area (Å²) in [4.78, 5) is 32.4. The summed E-state index contributed by atoms with van der Waals surface area (Å²) in [5.74, 6) is 4.84. The summed E-state index contributed by atoms with van der Waals surface area (Å²) < 4.78 is 3.85. The number of hydrogen-bond acceptors (Lipinski definition) is 2. The smallest absolute Gasteiger partial charge is 0.267 e. The van der Waals surface area contributed by atoms with Gasteiger partial charge in [-0.05, 0) is 167 Å². The van der Waals surface area contributed by atoms with Crippen LogP contribution in [0.4, 0.5) is 0 Å². The van der Waals surface area contributed by atoms with E-state index in [9.17, 15) is 0 Å². The third-order valence-corrected chi connectivity index (χ3v) is 19.6. The van der Waals surface area contributed by atoms with E-state index in [1.165, 1.54) is 97.6 Å². The lowest BCUT2D eigenvalue weighted by atomic mass is 9.56. The van der Waals surface area contributed by atoms with Crippen molar-refractivity contribution in [2.75, 3.05) is 0 Å². The fourth-order valence-corrected chi connectivity index (χ4v) is 17.7. The van der Waals surface area contributed by atoms with Gasteiger partial charge in [0, 0.05) is 22.3 Å². The van der Waals surface area contributed by atoms with Crippen molar-refractivity contribution in [1.82, 2.24) is 9.03 Å². The SMILES string of the molecule is O=c1c2c(-c3ccccc3)c3c(c(-c4ccccc4)c2n2c4c(-c5ccccc5)c5c(c(-c6ccccc6)c4c(=O)n12)C1CC2CC4CC5CC24C1)C1CC2CC4CC3CC42C1. The summed E-state index contributed by atoms with van der Waals surface area (Å²) in [6.07, 6.45) is 12.6. The Morgan fingerprint density at radius 3 is 0.968 bits per heavy atom. The Kier molecular flexibility index (Phi) is 6.14. The number of hydrogen-bond donors (Lipinski definition) is 0. The molecule has 0 amide bonds. The number of fused-ring (bicyclic) bond motifs is 15. The standard InChI is InChI=1S/C58H48N2O2/c61-55-51-43(31-13-5-1-6-14-31)45-35-21-39-25-41-23-37(29-57(39,41)27-35)47(45)49(33-17-9-3-10-18-33)53(51)59-54-50(34-19-11-4-12-20-34)48-38-24-42-26-40-22-36(28-58(40,42)30-38)46(48)44(32-15-7-2-8-16-32)52(54)56(62)60(55)59/h1-20,35-42H,21-30H2. The molecule has 6 fully saturated rings. The van der Waals surface area contributed by atoms with Crippen LogP contribution in [0.3, 0.4) is 0 Å². The van der Waals surface area contributed by atoms with Gasteiger partial charge in [-0.15, -0.1) is 0 Å². The molecule has 8 aliphatic rings. The first kappa shape index (κ1) is 33.8. The summed E-state index contributed by atoms with van der Waals surface area (Å²) in [5.41, 5.74) is 17.4. The fraction of sp³-hybridized carbons (Fsp3) is 0.345. The molecular weight excluding hydrogens is 757 g/mol. The van der Waals surface area contributed by atoms with Crippen LogP contribution in [0.25, 0.3) is 66.3 Å². The molecule has 8 aromatic rings. The lowest BCUT2D eigenvalue weighted by Crippen LogP contribution is -2.41. The zero-order chi connectivity index (χ0) is 40.4. The van der Waals surface area contributed by atoms with Crippen LogP contribution in [0.5, 0.6) is 0 Å². The molecule has 10 atom stereocenters. The molecular formula is C58H48N2O2. The summed E-state index contributed by atoms with van der Waals surface area (Å²) in [7, 11) is 0. The highest BCUT2D eigenvalue weighted by Crippen LogP contribution is 2.79. The second-order valence-electron chi connectivity index (χ2n) is 21.6. The third kappa shape index (κ3) is 3.76. The van der Waals surface area contributed by atoms with Crippen LogP contribution in [0.15, 0.2) is 131 Å². The van der Waals surface area contributed by atoms with E-state index >= 15 is 9.59 Å². The molecule has 2 aromatic heterocycles. The average Bonchev–Trinajstić information content (AvgIpc) is 4.08. The Morgan fingerprint density at radius 2 is 0.645 bits per heavy atom. The van der Waals surface area contributed by atoms with Gasteiger partial charge in [-0.25, -0.2) is 4.52 Å². The van der Waals surface area contributed by atoms with E-state index in [2.05, 4.69) is 126 Å². The minimum Gasteiger partial charge on any atom is -0.267 e. The first-order chi connectivity index (χ1) is 30.5. The van der Waals surface area contributed by atoms with Gasteiger partial charge in [0.2, 0.25) is 0 Å². The van der Waals surface area contributed by atoms with Crippen LogP contribution < -0.4 is 11.1 Å². The zero-order valence-corrected chi connectivity index (χ0v) is 34.9. The molecule has 0 N–H and O–H groups in total. The molecule has 10 unspecified atom stereocenters. The van der Waals surface area contributed by atoms with Crippen molar-refractivity contribution in [3.05, 3.63) is 164 Å². The maximum absolute atomic E-state index is 16.2. The second kappa shape index (κ2) is 11.2. The summed E-state index contributed by atoms with van der Waals surface area (Å²) in [6, 6.07) is 43.7. The highest BCUT2D eigenvalue weighted by molar-refractivity contribution is 6.12. The molecule has 302 valence electrons. The average molecular weight is 805 g/mol. The van der Waals surface area contributed by atoms with Gasteiger partial charge in [0.1, 0.15) is 0 Å². The lowest BCUT2D eigenvalue weighted by molar-refractivity contribution is 0.00321. The minimum absolute atomic E-state index is 0.165. The van der Waals surface area contributed by atoms with Crippen LogP contribution >= 0.6 is 0 Å². The van der Waals surface area contributed by atoms with Crippen LogP contribution in [0.1, 0.15) is 110 Å². The minimum atomic E-state index is -0.165. The van der Waals surface area contributed by atoms with Crippen molar-refractivity contribution >= 4 is 21.8 Å². The van der Waals surface area contributed by atoms with Crippen molar-refractivity contribution in [3.63, 3.8) is 0 Å². The van der Waals surface area contributed by atoms with Crippen LogP contribution in [0, 0.1) is 34.5 Å². The van der Waals surface area contributed by atoms with Gasteiger partial charge in [-0.1, -0.05) is 121 Å². The van der Waals surface area contributed by atoms with Crippen LogP contribution in [0.2, 0.25) is 0 Å². The Hall–Kier alpha value is -5.74. The molecule has 0 saturated heterocycles. The third-order valence-electron chi connectivity index (χ3n) is 19.6. The Bertz CT molecular complexity index is 3180. The summed E-state index contributed by atoms with van der Waals surface area (Å²) in [6.45, 7) is 0. The quantitative estimate of drug-likeness (QED) is 0.178. The molecule has 2 spiro atoms. The highest BCUT2D eigenvalue weighted by atomic mass is 16.2. The van der Waals surface area contributed by atoms with E-state index < -0.39 is 0 Å². The van der Waals surface area contributed by atoms with Gasteiger partial charge in [0.05, 0.1) is 21.8 Å². The predicted molar refractivity (Wildman–Crippen MR) is 247 cm³/mol. The van der Waals surface area contributed by atoms with Crippen molar-refractivity contribution < 1.29 is 0 Å². The van der Waals surface area contributed by atoms with Crippen molar-refractivity contribution in [2.24, 2.45) is 34.5 Å². The molecule has 0 aliphatic heterocycles. The molecule has 2 heterocycles. The molecule has 6 bridgehead atoms. The van der Waals surface area contributed by atoms with Crippen LogP contribution in [-0.2, 0) is 0 Å². The number of benzene rings is 6. The van der Waals surface area contributed by atoms with E-state index in [0.717, 1.165) is 78.9 Å². The molecule has 6 saturated carbocycles. The predicted octanol–water partition coefficient (Wildman–Crippen LogP) is 13.0. The molecule has 16 rings (SSSR count). The van der Waals surface area contributed by atoms with Gasteiger partial charge in [-0.2, -0.15) is 4.52 Å². The number of aromatic nitrogens is 2. The van der Waals surface area contributed by atoms with E-state index in [-0.39, 0.29) is 11.1 Å². The number of nitrogens with zero attached hydrogens (tertiary/aromatic N) is 2. The van der Waals surface area contributed by atoms with E-state index in [1.807, 2.05) is 0 Å². The highest BCUT2D eigenvalue weighted by Gasteiger charge is 2.67. The maximum atomic E-state index is 16.2. The molecule has 8 aliphatic carbocycles. The second-order valence-corrected chi connectivity index (χ2v) is 21.6. The van der Waals surface area contributed by atoms with Gasteiger partial charge in [-0.3, -0.25) is 9.59 Å². The monoisotopic (exact) mass is 804 g/mol. The molecule has 6 aromatic carbocycles. The first-order valence-electron chi connectivity index (χ1n) is 23.9. The largest absolute Gasteiger partial charge is 0.283 e. The molecule has 0 radical (unpaired) electrons. The first-order valence-corrected chi connectivity index (χ1v) is 23.9. The fourth-order valence-electron chi connectivity index (χ4n) is 17.7. The summed E-state index contributed by atoms with van der Waals surface area (Å²) in [5, 5.41) is 1.46. The van der Waals surface area contributed by atoms with Gasteiger partial charge in [0.25, 0.3) is 11.1 Å². The molecule has 4 heteroatoms. The number of rotatable bonds is 4.